The van der Waals surface area contributed by atoms with Gasteiger partial charge in [0.2, 0.25) is 5.91 Å². The zero-order valence-corrected chi connectivity index (χ0v) is 14.5. The Balaban J connectivity index is 1.54. The number of para-hydroxylation sites is 1. The van der Waals surface area contributed by atoms with Crippen molar-refractivity contribution < 1.29 is 4.79 Å². The average Bonchev–Trinajstić information content (AvgIpc) is 3.06. The van der Waals surface area contributed by atoms with Crippen LogP contribution in [0.15, 0.2) is 36.4 Å². The maximum Gasteiger partial charge on any atom is 0.224 e. The second kappa shape index (κ2) is 7.03. The molecule has 3 atom stereocenters. The van der Waals surface area contributed by atoms with Crippen LogP contribution < -0.4 is 10.6 Å². The zero-order valence-electron chi connectivity index (χ0n) is 13.7. The number of allylic oxidation sites excluding steroid dienone is 2. The summed E-state index contributed by atoms with van der Waals surface area (Å²) in [6, 6.07) is 8.50. The number of benzene rings is 1. The number of thiazole rings is 1. The van der Waals surface area contributed by atoms with Crippen molar-refractivity contribution in [2.45, 2.75) is 37.6 Å². The van der Waals surface area contributed by atoms with Gasteiger partial charge in [-0.15, -0.1) is 11.3 Å². The molecule has 1 aliphatic carbocycles. The number of fused-ring (bicyclic) bond motifs is 1. The summed E-state index contributed by atoms with van der Waals surface area (Å²) in [7, 11) is 0. The molecule has 2 aliphatic rings. The third-order valence-electron chi connectivity index (χ3n) is 5.04. The first kappa shape index (κ1) is 15.8. The van der Waals surface area contributed by atoms with Crippen molar-refractivity contribution in [1.82, 2.24) is 15.6 Å². The molecule has 1 amide bonds. The lowest BCUT2D eigenvalue weighted by atomic mass is 9.82. The van der Waals surface area contributed by atoms with Crippen molar-refractivity contribution in [2.75, 3.05) is 13.1 Å². The van der Waals surface area contributed by atoms with Gasteiger partial charge in [-0.05, 0) is 44.4 Å². The topological polar surface area (TPSA) is 54.0 Å². The van der Waals surface area contributed by atoms with Crippen LogP contribution in [0.4, 0.5) is 0 Å². The van der Waals surface area contributed by atoms with Gasteiger partial charge >= 0.3 is 0 Å². The van der Waals surface area contributed by atoms with Gasteiger partial charge in [0.05, 0.1) is 21.1 Å². The third kappa shape index (κ3) is 3.23. The van der Waals surface area contributed by atoms with Crippen LogP contribution in [0.25, 0.3) is 10.2 Å². The van der Waals surface area contributed by atoms with Crippen molar-refractivity contribution in [3.05, 3.63) is 41.4 Å². The molecule has 4 nitrogen and oxygen atoms in total. The second-order valence-corrected chi connectivity index (χ2v) is 7.79. The molecule has 0 saturated carbocycles. The molecule has 2 unspecified atom stereocenters. The van der Waals surface area contributed by atoms with E-state index in [1.54, 1.807) is 11.3 Å². The number of carbonyl (C=O) groups excluding carboxylic acids is 1. The maximum absolute atomic E-state index is 12.9. The Hall–Kier alpha value is -1.72. The third-order valence-corrected chi connectivity index (χ3v) is 6.21. The number of hydrogen-bond acceptors (Lipinski definition) is 4. The number of rotatable bonds is 3. The highest BCUT2D eigenvalue weighted by Gasteiger charge is 2.33. The van der Waals surface area contributed by atoms with E-state index in [-0.39, 0.29) is 23.8 Å². The van der Waals surface area contributed by atoms with Gasteiger partial charge in [0.1, 0.15) is 0 Å². The summed E-state index contributed by atoms with van der Waals surface area (Å²) in [6.45, 7) is 1.95. The highest BCUT2D eigenvalue weighted by atomic mass is 32.1. The van der Waals surface area contributed by atoms with E-state index in [1.165, 1.54) is 4.70 Å². The zero-order chi connectivity index (χ0) is 16.4. The highest BCUT2D eigenvalue weighted by molar-refractivity contribution is 7.18. The van der Waals surface area contributed by atoms with Gasteiger partial charge in [-0.2, -0.15) is 0 Å². The van der Waals surface area contributed by atoms with Gasteiger partial charge in [-0.25, -0.2) is 4.98 Å². The summed E-state index contributed by atoms with van der Waals surface area (Å²) >= 11 is 1.73. The molecule has 0 radical (unpaired) electrons. The Bertz CT molecular complexity index is 715. The number of amides is 1. The first-order valence-electron chi connectivity index (χ1n) is 8.83. The molecule has 1 aromatic carbocycles. The van der Waals surface area contributed by atoms with Crippen molar-refractivity contribution in [1.29, 1.82) is 0 Å². The average molecular weight is 341 g/mol. The minimum atomic E-state index is -0.00233. The smallest absolute Gasteiger partial charge is 0.224 e. The van der Waals surface area contributed by atoms with Crippen LogP contribution in [0.5, 0.6) is 0 Å². The number of carbonyl (C=O) groups is 1. The van der Waals surface area contributed by atoms with Crippen LogP contribution in [0.3, 0.4) is 0 Å². The summed E-state index contributed by atoms with van der Waals surface area (Å²) in [6.07, 6.45) is 8.27. The summed E-state index contributed by atoms with van der Waals surface area (Å²) in [5.74, 6) is 0.388. The Morgan fingerprint density at radius 2 is 2.12 bits per heavy atom. The van der Waals surface area contributed by atoms with Crippen LogP contribution in [0, 0.1) is 5.92 Å². The van der Waals surface area contributed by atoms with Crippen LogP contribution >= 0.6 is 11.3 Å². The Kier molecular flexibility index (Phi) is 4.63. The molecule has 1 aromatic heterocycles. The van der Waals surface area contributed by atoms with E-state index in [4.69, 9.17) is 4.98 Å². The fraction of sp³-hybridized carbons (Fsp3) is 0.474. The van der Waals surface area contributed by atoms with Crippen molar-refractivity contribution in [3.8, 4) is 0 Å². The van der Waals surface area contributed by atoms with E-state index >= 15 is 0 Å². The van der Waals surface area contributed by atoms with E-state index in [0.29, 0.717) is 0 Å². The van der Waals surface area contributed by atoms with E-state index in [0.717, 1.165) is 49.3 Å². The normalized spacial score (nSPS) is 27.2. The second-order valence-electron chi connectivity index (χ2n) is 6.73. The largest absolute Gasteiger partial charge is 0.352 e. The van der Waals surface area contributed by atoms with E-state index in [1.807, 2.05) is 12.1 Å². The maximum atomic E-state index is 12.9. The lowest BCUT2D eigenvalue weighted by Gasteiger charge is -2.30. The molecule has 2 N–H and O–H groups in total. The molecule has 1 aliphatic heterocycles. The van der Waals surface area contributed by atoms with Gasteiger partial charge in [-0.1, -0.05) is 24.3 Å². The van der Waals surface area contributed by atoms with Crippen molar-refractivity contribution in [2.24, 2.45) is 5.92 Å². The molecule has 1 fully saturated rings. The molecule has 5 heteroatoms. The van der Waals surface area contributed by atoms with Gasteiger partial charge in [-0.3, -0.25) is 4.79 Å². The van der Waals surface area contributed by atoms with Crippen LogP contribution in [-0.4, -0.2) is 30.0 Å². The molecule has 2 aromatic rings. The fourth-order valence-electron chi connectivity index (χ4n) is 3.71. The first-order chi connectivity index (χ1) is 11.8. The molecule has 4 rings (SSSR count). The molecule has 0 bridgehead atoms. The monoisotopic (exact) mass is 341 g/mol. The molecule has 126 valence electrons. The minimum absolute atomic E-state index is 0.00233. The van der Waals surface area contributed by atoms with Crippen LogP contribution in [-0.2, 0) is 4.79 Å². The summed E-state index contributed by atoms with van der Waals surface area (Å²) in [5, 5.41) is 7.73. The minimum Gasteiger partial charge on any atom is -0.352 e. The molecule has 24 heavy (non-hydrogen) atoms. The van der Waals surface area contributed by atoms with E-state index < -0.39 is 0 Å². The van der Waals surface area contributed by atoms with Crippen molar-refractivity contribution >= 4 is 27.5 Å². The number of nitrogens with one attached hydrogen (secondary N) is 2. The number of hydrogen-bond donors (Lipinski definition) is 2. The summed E-state index contributed by atoms with van der Waals surface area (Å²) in [5.41, 5.74) is 1.04. The number of piperidine rings is 1. The predicted molar refractivity (Wildman–Crippen MR) is 98.3 cm³/mol. The molecule has 2 heterocycles. The number of aromatic nitrogens is 1. The quantitative estimate of drug-likeness (QED) is 0.843. The Labute approximate surface area is 146 Å². The lowest BCUT2D eigenvalue weighted by molar-refractivity contribution is -0.126. The van der Waals surface area contributed by atoms with E-state index in [2.05, 4.69) is 34.9 Å². The fourth-order valence-corrected chi connectivity index (χ4v) is 4.85. The van der Waals surface area contributed by atoms with Crippen molar-refractivity contribution in [3.63, 3.8) is 0 Å². The Morgan fingerprint density at radius 3 is 2.96 bits per heavy atom. The Morgan fingerprint density at radius 1 is 1.25 bits per heavy atom. The van der Waals surface area contributed by atoms with Gasteiger partial charge in [0, 0.05) is 18.5 Å². The highest BCUT2D eigenvalue weighted by Crippen LogP contribution is 2.38. The predicted octanol–water partition coefficient (Wildman–Crippen LogP) is 3.21. The van der Waals surface area contributed by atoms with Gasteiger partial charge < -0.3 is 10.6 Å². The molecular formula is C19H23N3OS. The van der Waals surface area contributed by atoms with E-state index in [9.17, 15) is 4.79 Å². The standard InChI is InChI=1S/C19H23N3OS/c23-18(21-13-6-5-11-20-12-13)14-7-1-2-8-15(14)19-22-16-9-3-4-10-17(16)24-19/h1-4,9-10,13-15,20H,5-8,11-12H2,(H,21,23)/t13-,14?,15?/m0/s1. The summed E-state index contributed by atoms with van der Waals surface area (Å²) in [4.78, 5) is 17.7. The summed E-state index contributed by atoms with van der Waals surface area (Å²) < 4.78 is 1.21. The van der Waals surface area contributed by atoms with Gasteiger partial charge in [0.25, 0.3) is 0 Å². The SMILES string of the molecule is O=C(N[C@H]1CCCNC1)C1CC=CCC1c1nc2ccccc2s1. The van der Waals surface area contributed by atoms with Crippen LogP contribution in [0.1, 0.15) is 36.6 Å². The number of nitrogens with zero attached hydrogens (tertiary/aromatic N) is 1. The molecule has 0 spiro atoms. The van der Waals surface area contributed by atoms with Crippen LogP contribution in [0.2, 0.25) is 0 Å². The first-order valence-corrected chi connectivity index (χ1v) is 9.64. The van der Waals surface area contributed by atoms with Gasteiger partial charge in [0.15, 0.2) is 0 Å². The molecule has 1 saturated heterocycles. The lowest BCUT2D eigenvalue weighted by Crippen LogP contribution is -2.48. The molecular weight excluding hydrogens is 318 g/mol.